The van der Waals surface area contributed by atoms with E-state index in [0.29, 0.717) is 45.3 Å². The SMILES string of the molecule is CCO[Si](CCCNC(=O)CCCO)(OCC)OCC. The molecule has 0 heterocycles. The quantitative estimate of drug-likeness (QED) is 0.396. The maximum Gasteiger partial charge on any atom is 0.500 e. The van der Waals surface area contributed by atoms with Gasteiger partial charge in [-0.1, -0.05) is 0 Å². The van der Waals surface area contributed by atoms with Crippen LogP contribution in [0, 0.1) is 0 Å². The number of rotatable bonds is 13. The summed E-state index contributed by atoms with van der Waals surface area (Å²) in [6, 6.07) is 0.697. The first-order chi connectivity index (χ1) is 9.64. The van der Waals surface area contributed by atoms with Crippen LogP contribution in [0.2, 0.25) is 6.04 Å². The predicted octanol–water partition coefficient (Wildman–Crippen LogP) is 1.31. The molecule has 0 saturated heterocycles. The Bertz CT molecular complexity index is 236. The summed E-state index contributed by atoms with van der Waals surface area (Å²) in [4.78, 5) is 11.4. The highest BCUT2D eigenvalue weighted by atomic mass is 28.4. The zero-order chi connectivity index (χ0) is 15.3. The van der Waals surface area contributed by atoms with E-state index in [0.717, 1.165) is 6.42 Å². The van der Waals surface area contributed by atoms with Gasteiger partial charge in [-0.3, -0.25) is 4.79 Å². The second kappa shape index (κ2) is 12.3. The highest BCUT2D eigenvalue weighted by Gasteiger charge is 2.39. The van der Waals surface area contributed by atoms with Crippen LogP contribution in [0.15, 0.2) is 0 Å². The van der Waals surface area contributed by atoms with Gasteiger partial charge < -0.3 is 23.7 Å². The Morgan fingerprint density at radius 3 is 2.05 bits per heavy atom. The molecule has 0 spiro atoms. The van der Waals surface area contributed by atoms with Crippen molar-refractivity contribution >= 4 is 14.7 Å². The van der Waals surface area contributed by atoms with Crippen molar-refractivity contribution in [3.8, 4) is 0 Å². The Hall–Kier alpha value is -0.473. The van der Waals surface area contributed by atoms with Crippen LogP contribution in [-0.4, -0.2) is 52.8 Å². The van der Waals surface area contributed by atoms with Crippen LogP contribution in [0.3, 0.4) is 0 Å². The monoisotopic (exact) mass is 307 g/mol. The number of aliphatic hydroxyl groups is 1. The van der Waals surface area contributed by atoms with Gasteiger partial charge in [0.05, 0.1) is 0 Å². The van der Waals surface area contributed by atoms with E-state index in [1.54, 1.807) is 0 Å². The minimum absolute atomic E-state index is 0.0319. The van der Waals surface area contributed by atoms with Crippen molar-refractivity contribution in [3.63, 3.8) is 0 Å². The lowest BCUT2D eigenvalue weighted by molar-refractivity contribution is -0.121. The molecule has 2 N–H and O–H groups in total. The number of aliphatic hydroxyl groups excluding tert-OH is 1. The van der Waals surface area contributed by atoms with Crippen LogP contribution < -0.4 is 5.32 Å². The fourth-order valence-corrected chi connectivity index (χ4v) is 4.47. The molecule has 0 fully saturated rings. The van der Waals surface area contributed by atoms with Crippen molar-refractivity contribution in [1.82, 2.24) is 5.32 Å². The number of amides is 1. The fraction of sp³-hybridized carbons (Fsp3) is 0.923. The normalized spacial score (nSPS) is 11.6. The minimum Gasteiger partial charge on any atom is -0.396 e. The van der Waals surface area contributed by atoms with Gasteiger partial charge in [-0.15, -0.1) is 0 Å². The summed E-state index contributed by atoms with van der Waals surface area (Å²) >= 11 is 0. The molecular formula is C13H29NO5Si. The molecule has 7 heteroatoms. The van der Waals surface area contributed by atoms with E-state index < -0.39 is 8.80 Å². The lowest BCUT2D eigenvalue weighted by Crippen LogP contribution is -2.46. The Morgan fingerprint density at radius 2 is 1.60 bits per heavy atom. The summed E-state index contributed by atoms with van der Waals surface area (Å²) in [5.41, 5.74) is 0. The molecule has 0 aliphatic heterocycles. The average Bonchev–Trinajstić information content (AvgIpc) is 2.42. The predicted molar refractivity (Wildman–Crippen MR) is 79.4 cm³/mol. The highest BCUT2D eigenvalue weighted by molar-refractivity contribution is 6.60. The summed E-state index contributed by atoms with van der Waals surface area (Å²) in [5.74, 6) is -0.0319. The molecule has 0 saturated carbocycles. The fourth-order valence-electron chi connectivity index (χ4n) is 1.86. The third-order valence-electron chi connectivity index (χ3n) is 2.64. The number of hydrogen-bond donors (Lipinski definition) is 2. The summed E-state index contributed by atoms with van der Waals surface area (Å²) in [7, 11) is -2.58. The van der Waals surface area contributed by atoms with Crippen molar-refractivity contribution in [2.75, 3.05) is 33.0 Å². The summed E-state index contributed by atoms with van der Waals surface area (Å²) in [6.45, 7) is 8.09. The zero-order valence-electron chi connectivity index (χ0n) is 12.9. The lowest BCUT2D eigenvalue weighted by atomic mass is 10.3. The topological polar surface area (TPSA) is 77.0 Å². The highest BCUT2D eigenvalue weighted by Crippen LogP contribution is 2.17. The molecule has 0 atom stereocenters. The Kier molecular flexibility index (Phi) is 12.0. The Labute approximate surface area is 123 Å². The molecule has 20 heavy (non-hydrogen) atoms. The van der Waals surface area contributed by atoms with Gasteiger partial charge in [0, 0.05) is 45.4 Å². The van der Waals surface area contributed by atoms with Crippen LogP contribution >= 0.6 is 0 Å². The van der Waals surface area contributed by atoms with Gasteiger partial charge in [-0.2, -0.15) is 0 Å². The number of carbonyl (C=O) groups excluding carboxylic acids is 1. The van der Waals surface area contributed by atoms with Crippen LogP contribution in [-0.2, 0) is 18.1 Å². The van der Waals surface area contributed by atoms with Crippen molar-refractivity contribution in [3.05, 3.63) is 0 Å². The third-order valence-corrected chi connectivity index (χ3v) is 5.79. The first-order valence-electron chi connectivity index (χ1n) is 7.43. The molecule has 0 unspecified atom stereocenters. The van der Waals surface area contributed by atoms with E-state index in [1.165, 1.54) is 0 Å². The molecule has 0 radical (unpaired) electrons. The molecule has 0 bridgehead atoms. The maximum atomic E-state index is 11.4. The second-order valence-electron chi connectivity index (χ2n) is 4.26. The average molecular weight is 307 g/mol. The number of nitrogens with one attached hydrogen (secondary N) is 1. The largest absolute Gasteiger partial charge is 0.500 e. The first-order valence-corrected chi connectivity index (χ1v) is 9.36. The molecule has 0 aromatic rings. The summed E-state index contributed by atoms with van der Waals surface area (Å²) in [5, 5.41) is 11.5. The first kappa shape index (κ1) is 19.5. The zero-order valence-corrected chi connectivity index (χ0v) is 13.9. The summed E-state index contributed by atoms with van der Waals surface area (Å²) < 4.78 is 17.2. The molecule has 0 aromatic heterocycles. The van der Waals surface area contributed by atoms with Crippen LogP contribution in [0.5, 0.6) is 0 Å². The van der Waals surface area contributed by atoms with E-state index in [4.69, 9.17) is 18.4 Å². The van der Waals surface area contributed by atoms with Gasteiger partial charge in [0.2, 0.25) is 5.91 Å². The molecule has 1 amide bonds. The van der Waals surface area contributed by atoms with Crippen LogP contribution in [0.1, 0.15) is 40.0 Å². The van der Waals surface area contributed by atoms with E-state index >= 15 is 0 Å². The van der Waals surface area contributed by atoms with E-state index in [2.05, 4.69) is 5.32 Å². The minimum atomic E-state index is -2.58. The molecule has 0 aliphatic carbocycles. The van der Waals surface area contributed by atoms with Crippen molar-refractivity contribution in [2.24, 2.45) is 0 Å². The van der Waals surface area contributed by atoms with Crippen molar-refractivity contribution in [1.29, 1.82) is 0 Å². The van der Waals surface area contributed by atoms with Crippen LogP contribution in [0.25, 0.3) is 0 Å². The van der Waals surface area contributed by atoms with Crippen molar-refractivity contribution in [2.45, 2.75) is 46.1 Å². The Balaban J connectivity index is 4.08. The van der Waals surface area contributed by atoms with Gasteiger partial charge >= 0.3 is 8.80 Å². The van der Waals surface area contributed by atoms with Gasteiger partial charge in [0.15, 0.2) is 0 Å². The number of hydrogen-bond acceptors (Lipinski definition) is 5. The van der Waals surface area contributed by atoms with Gasteiger partial charge in [0.25, 0.3) is 0 Å². The lowest BCUT2D eigenvalue weighted by Gasteiger charge is -2.28. The van der Waals surface area contributed by atoms with Gasteiger partial charge in [0.1, 0.15) is 0 Å². The number of carbonyl (C=O) groups is 1. The standard InChI is InChI=1S/C13H29NO5Si/c1-4-17-20(18-5-2,19-6-3)12-8-10-14-13(16)9-7-11-15/h15H,4-12H2,1-3H3,(H,14,16). The molecule has 120 valence electrons. The molecule has 0 rings (SSSR count). The second-order valence-corrected chi connectivity index (χ2v) is 6.99. The van der Waals surface area contributed by atoms with E-state index in [-0.39, 0.29) is 12.5 Å². The summed E-state index contributed by atoms with van der Waals surface area (Å²) in [6.07, 6.45) is 1.62. The van der Waals surface area contributed by atoms with E-state index in [1.807, 2.05) is 20.8 Å². The molecule has 6 nitrogen and oxygen atoms in total. The molecular weight excluding hydrogens is 278 g/mol. The van der Waals surface area contributed by atoms with E-state index in [9.17, 15) is 4.79 Å². The molecule has 0 aliphatic rings. The molecule has 0 aromatic carbocycles. The van der Waals surface area contributed by atoms with Crippen molar-refractivity contribution < 1.29 is 23.2 Å². The van der Waals surface area contributed by atoms with Gasteiger partial charge in [-0.05, 0) is 33.6 Å². The smallest absolute Gasteiger partial charge is 0.396 e. The van der Waals surface area contributed by atoms with Gasteiger partial charge in [-0.25, -0.2) is 0 Å². The maximum absolute atomic E-state index is 11.4. The van der Waals surface area contributed by atoms with Crippen LogP contribution in [0.4, 0.5) is 0 Å². The third kappa shape index (κ3) is 8.65. The Morgan fingerprint density at radius 1 is 1.05 bits per heavy atom.